The molecule has 2 amide bonds. The van der Waals surface area contributed by atoms with Gasteiger partial charge in [-0.2, -0.15) is 32.1 Å². The highest BCUT2D eigenvalue weighted by Gasteiger charge is 2.65. The third-order valence-corrected chi connectivity index (χ3v) is 11.0. The molecule has 0 spiro atoms. The second-order valence-corrected chi connectivity index (χ2v) is 15.3. The van der Waals surface area contributed by atoms with Crippen molar-refractivity contribution in [3.63, 3.8) is 0 Å². The highest BCUT2D eigenvalue weighted by atomic mass is 35.5. The van der Waals surface area contributed by atoms with Gasteiger partial charge in [0.05, 0.1) is 22.9 Å². The molecule has 0 bridgehead atoms. The molecule has 2 saturated carbocycles. The van der Waals surface area contributed by atoms with Gasteiger partial charge in [-0.3, -0.25) is 9.69 Å². The number of aliphatic imine (C=N–C) groups is 1. The smallest absolute Gasteiger partial charge is 0.411 e. The van der Waals surface area contributed by atoms with Crippen LogP contribution in [-0.4, -0.2) is 65.7 Å². The van der Waals surface area contributed by atoms with E-state index in [4.69, 9.17) is 27.1 Å². The van der Waals surface area contributed by atoms with Gasteiger partial charge in [-0.1, -0.05) is 55.8 Å². The summed E-state index contributed by atoms with van der Waals surface area (Å²) in [6.07, 6.45) is -4.61. The molecule has 1 aliphatic heterocycles. The fourth-order valence-corrected chi connectivity index (χ4v) is 7.50. The second kappa shape index (κ2) is 14.1. The number of hydrogen-bond donors (Lipinski definition) is 2. The molecule has 4 aromatic rings. The van der Waals surface area contributed by atoms with Crippen LogP contribution in [0.2, 0.25) is 5.02 Å². The lowest BCUT2D eigenvalue weighted by Gasteiger charge is -2.36. The molecule has 2 fully saturated rings. The van der Waals surface area contributed by atoms with Gasteiger partial charge in [0, 0.05) is 11.8 Å². The van der Waals surface area contributed by atoms with Crippen molar-refractivity contribution in [2.24, 2.45) is 22.1 Å². The van der Waals surface area contributed by atoms with Crippen molar-refractivity contribution < 1.29 is 45.1 Å². The highest BCUT2D eigenvalue weighted by molar-refractivity contribution is 6.32. The number of carbonyl (C=O) groups excluding carboxylic acids is 2. The van der Waals surface area contributed by atoms with E-state index in [1.54, 1.807) is 24.3 Å². The van der Waals surface area contributed by atoms with Crippen LogP contribution < -0.4 is 11.1 Å². The molecule has 2 aromatic heterocycles. The molecular formula is C36H35ClF7N9O3. The van der Waals surface area contributed by atoms with Gasteiger partial charge >= 0.3 is 18.8 Å². The second-order valence-electron chi connectivity index (χ2n) is 14.9. The first-order valence-electron chi connectivity index (χ1n) is 17.5. The van der Waals surface area contributed by atoms with Crippen molar-refractivity contribution >= 4 is 29.6 Å². The molecule has 0 radical (unpaired) electrons. The van der Waals surface area contributed by atoms with E-state index in [0.29, 0.717) is 21.4 Å². The molecule has 3 heterocycles. The monoisotopic (exact) mass is 809 g/mol. The minimum Gasteiger partial charge on any atom is -0.447 e. The van der Waals surface area contributed by atoms with Crippen LogP contribution in [0.5, 0.6) is 0 Å². The Kier molecular flexibility index (Phi) is 9.81. The normalized spacial score (nSPS) is 20.1. The average Bonchev–Trinajstić information content (AvgIpc) is 4.01. The number of carbonyl (C=O) groups is 2. The molecule has 2 aromatic carbocycles. The van der Waals surface area contributed by atoms with Crippen molar-refractivity contribution in [3.8, 4) is 16.8 Å². The third-order valence-electron chi connectivity index (χ3n) is 10.7. The predicted molar refractivity (Wildman–Crippen MR) is 187 cm³/mol. The van der Waals surface area contributed by atoms with E-state index in [0.717, 1.165) is 28.8 Å². The largest absolute Gasteiger partial charge is 0.447 e. The van der Waals surface area contributed by atoms with Crippen LogP contribution in [0, 0.1) is 11.3 Å². The van der Waals surface area contributed by atoms with E-state index in [2.05, 4.69) is 15.2 Å². The molecule has 12 nitrogen and oxygen atoms in total. The summed E-state index contributed by atoms with van der Waals surface area (Å²) in [7, 11) is 0. The quantitative estimate of drug-likeness (QED) is 0.131. The number of amides is 2. The Morgan fingerprint density at radius 2 is 1.75 bits per heavy atom. The first-order valence-corrected chi connectivity index (χ1v) is 17.9. The Morgan fingerprint density at radius 3 is 2.34 bits per heavy atom. The fourth-order valence-electron chi connectivity index (χ4n) is 7.30. The Hall–Kier alpha value is -5.20. The first-order chi connectivity index (χ1) is 26.4. The number of alkyl halides is 7. The topological polar surface area (TPSA) is 146 Å². The molecule has 2 aliphatic carbocycles. The van der Waals surface area contributed by atoms with Gasteiger partial charge in [-0.05, 0) is 72.3 Å². The van der Waals surface area contributed by atoms with Gasteiger partial charge in [0.2, 0.25) is 0 Å². The van der Waals surface area contributed by atoms with E-state index in [-0.39, 0.29) is 47.4 Å². The number of nitrogens with zero attached hydrogens (tertiary/aromatic N) is 7. The Morgan fingerprint density at radius 1 is 1.05 bits per heavy atom. The van der Waals surface area contributed by atoms with Crippen LogP contribution in [0.25, 0.3) is 16.8 Å². The zero-order valence-electron chi connectivity index (χ0n) is 29.8. The molecule has 0 unspecified atom stereocenters. The summed E-state index contributed by atoms with van der Waals surface area (Å²) in [5.74, 6) is -1.50. The number of hydrogen-bond acceptors (Lipinski definition) is 8. The van der Waals surface area contributed by atoms with Crippen molar-refractivity contribution in [2.45, 2.75) is 82.2 Å². The Balaban J connectivity index is 1.28. The lowest BCUT2D eigenvalue weighted by atomic mass is 9.72. The van der Waals surface area contributed by atoms with Crippen molar-refractivity contribution in [2.75, 3.05) is 6.61 Å². The predicted octanol–water partition coefficient (Wildman–Crippen LogP) is 7.86. The standard InChI is InChI=1S/C36H35ClF7N9O3/c1-33(2,22-8-9-22)17-35(23-6-3-19(4-7-23)21-14-47-51(15-21)30(40)41)29(54)52(31(45)49-35)26(16-56-32(55)50-34(11-12-34)36(42,43)44)20-5-10-24(37)25(13-20)53-28(27(38)39)46-18-48-53/h3-7,10,13-15,18,22,26-27,30H,8-9,11-12,16-17H2,1-2H3,(H2,45,49)(H,50,55)/t26-,35-/m1/s1. The molecular weight excluding hydrogens is 775 g/mol. The van der Waals surface area contributed by atoms with Gasteiger partial charge in [0.25, 0.3) is 12.3 Å². The summed E-state index contributed by atoms with van der Waals surface area (Å²) in [6.45, 7) is 0.379. The van der Waals surface area contributed by atoms with E-state index < -0.39 is 66.1 Å². The maximum absolute atomic E-state index is 15.1. The number of rotatable bonds is 13. The van der Waals surface area contributed by atoms with Gasteiger partial charge < -0.3 is 15.8 Å². The summed E-state index contributed by atoms with van der Waals surface area (Å²) in [5.41, 5.74) is 3.33. The summed E-state index contributed by atoms with van der Waals surface area (Å²) in [5, 5.41) is 9.39. The van der Waals surface area contributed by atoms with Crippen molar-refractivity contribution in [1.29, 1.82) is 0 Å². The van der Waals surface area contributed by atoms with Crippen LogP contribution in [0.1, 0.15) is 81.9 Å². The molecule has 56 heavy (non-hydrogen) atoms. The van der Waals surface area contributed by atoms with Crippen LogP contribution in [0.3, 0.4) is 0 Å². The Labute approximate surface area is 319 Å². The number of halogens is 8. The first kappa shape index (κ1) is 39.1. The number of guanidine groups is 1. The average molecular weight is 810 g/mol. The summed E-state index contributed by atoms with van der Waals surface area (Å²) in [6, 6.07) is 9.16. The lowest BCUT2D eigenvalue weighted by molar-refractivity contribution is -0.164. The maximum Gasteiger partial charge on any atom is 0.411 e. The zero-order valence-corrected chi connectivity index (χ0v) is 30.5. The van der Waals surface area contributed by atoms with Crippen LogP contribution in [0.4, 0.5) is 35.5 Å². The molecule has 20 heteroatoms. The summed E-state index contributed by atoms with van der Waals surface area (Å²) in [4.78, 5) is 37.5. The number of ether oxygens (including phenoxy) is 1. The van der Waals surface area contributed by atoms with Gasteiger partial charge in [0.1, 0.15) is 18.5 Å². The maximum atomic E-state index is 15.1. The SMILES string of the molecule is CC(C)(C[C@]1(c2ccc(-c3cnn(C(F)F)c3)cc2)N=C(N)N([C@H](COC(=O)NC2(C(F)(F)F)CC2)c2ccc(Cl)c(-n3ncnc3C(F)F)c2)C1=O)C1CC1. The van der Waals surface area contributed by atoms with E-state index in [1.165, 1.54) is 30.6 Å². The van der Waals surface area contributed by atoms with Crippen LogP contribution in [0.15, 0.2) is 66.2 Å². The minimum atomic E-state index is -4.74. The lowest BCUT2D eigenvalue weighted by Crippen LogP contribution is -2.50. The Bertz CT molecular complexity index is 2160. The van der Waals surface area contributed by atoms with E-state index >= 15 is 4.79 Å². The number of aromatic nitrogens is 5. The van der Waals surface area contributed by atoms with Crippen molar-refractivity contribution in [1.82, 2.24) is 34.8 Å². The zero-order chi connectivity index (χ0) is 40.4. The highest BCUT2D eigenvalue weighted by Crippen LogP contribution is 2.54. The molecule has 3 N–H and O–H groups in total. The summed E-state index contributed by atoms with van der Waals surface area (Å²) < 4.78 is 102. The molecule has 3 aliphatic rings. The molecule has 7 rings (SSSR count). The van der Waals surface area contributed by atoms with Gasteiger partial charge in [0.15, 0.2) is 17.3 Å². The summed E-state index contributed by atoms with van der Waals surface area (Å²) >= 11 is 6.44. The molecule has 2 atom stereocenters. The third kappa shape index (κ3) is 7.16. The van der Waals surface area contributed by atoms with Gasteiger partial charge in [-0.15, -0.1) is 0 Å². The molecule has 298 valence electrons. The van der Waals surface area contributed by atoms with Crippen LogP contribution >= 0.6 is 11.6 Å². The van der Waals surface area contributed by atoms with E-state index in [9.17, 15) is 35.5 Å². The van der Waals surface area contributed by atoms with Gasteiger partial charge in [-0.25, -0.2) is 32.9 Å². The minimum absolute atomic E-state index is 0.0477. The van der Waals surface area contributed by atoms with E-state index in [1.807, 2.05) is 19.2 Å². The number of nitrogens with two attached hydrogens (primary N) is 1. The van der Waals surface area contributed by atoms with Crippen molar-refractivity contribution in [3.05, 3.63) is 83.2 Å². The van der Waals surface area contributed by atoms with Crippen LogP contribution in [-0.2, 0) is 15.1 Å². The number of alkyl carbamates (subject to hydrolysis) is 1. The molecule has 0 saturated heterocycles. The number of nitrogens with one attached hydrogen (secondary N) is 1. The fraction of sp³-hybridized carbons (Fsp3) is 0.444. The number of benzene rings is 2.